The lowest BCUT2D eigenvalue weighted by Crippen LogP contribution is -2.34. The van der Waals surface area contributed by atoms with Crippen molar-refractivity contribution in [1.29, 1.82) is 0 Å². The predicted octanol–water partition coefficient (Wildman–Crippen LogP) is 4.15. The third-order valence-corrected chi connectivity index (χ3v) is 3.83. The number of carbonyl (C=O) groups is 1. The molecular weight excluding hydrogens is 383 g/mol. The maximum Gasteiger partial charge on any atom is 0.257 e. The number of nitrogens with one attached hydrogen (secondary N) is 2. The number of rotatable bonds is 6. The van der Waals surface area contributed by atoms with E-state index in [1.165, 1.54) is 0 Å². The monoisotopic (exact) mass is 398 g/mol. The van der Waals surface area contributed by atoms with Gasteiger partial charge in [-0.05, 0) is 54.7 Å². The van der Waals surface area contributed by atoms with E-state index in [-0.39, 0.29) is 11.0 Å². The van der Waals surface area contributed by atoms with E-state index < -0.39 is 0 Å². The second-order valence-electron chi connectivity index (χ2n) is 4.90. The molecule has 0 unspecified atom stereocenters. The molecule has 0 aliphatic heterocycles. The van der Waals surface area contributed by atoms with Crippen molar-refractivity contribution in [3.63, 3.8) is 0 Å². The number of thiocarbonyl (C=S) groups is 1. The number of benzene rings is 2. The summed E-state index contributed by atoms with van der Waals surface area (Å²) in [6.45, 7) is 0.938. The summed E-state index contributed by atoms with van der Waals surface area (Å²) in [5.41, 5.74) is 1.00. The predicted molar refractivity (Wildman–Crippen MR) is 104 cm³/mol. The molecule has 0 bridgehead atoms. The van der Waals surface area contributed by atoms with Crippen molar-refractivity contribution in [2.45, 2.75) is 0 Å². The van der Waals surface area contributed by atoms with Crippen LogP contribution in [0.2, 0.25) is 10.0 Å². The molecule has 2 rings (SSSR count). The van der Waals surface area contributed by atoms with E-state index in [0.29, 0.717) is 40.3 Å². The van der Waals surface area contributed by atoms with Gasteiger partial charge in [0.1, 0.15) is 12.4 Å². The number of halogens is 2. The van der Waals surface area contributed by atoms with Gasteiger partial charge >= 0.3 is 0 Å². The van der Waals surface area contributed by atoms with Crippen LogP contribution >= 0.6 is 35.4 Å². The van der Waals surface area contributed by atoms with Gasteiger partial charge in [0, 0.05) is 17.7 Å². The Morgan fingerprint density at radius 2 is 1.84 bits per heavy atom. The molecule has 0 aliphatic rings. The highest BCUT2D eigenvalue weighted by Gasteiger charge is 2.09. The average molecular weight is 399 g/mol. The molecule has 0 saturated heterocycles. The van der Waals surface area contributed by atoms with Crippen molar-refractivity contribution in [2.75, 3.05) is 25.6 Å². The molecule has 25 heavy (non-hydrogen) atoms. The molecule has 0 radical (unpaired) electrons. The van der Waals surface area contributed by atoms with Crippen LogP contribution in [0, 0.1) is 0 Å². The van der Waals surface area contributed by atoms with Gasteiger partial charge < -0.3 is 14.8 Å². The van der Waals surface area contributed by atoms with Crippen LogP contribution in [0.4, 0.5) is 5.69 Å². The quantitative estimate of drug-likeness (QED) is 0.565. The molecule has 0 aromatic heterocycles. The highest BCUT2D eigenvalue weighted by atomic mass is 35.5. The minimum Gasteiger partial charge on any atom is -0.491 e. The van der Waals surface area contributed by atoms with Crippen molar-refractivity contribution >= 4 is 52.1 Å². The number of methoxy groups -OCH3 is 1. The van der Waals surface area contributed by atoms with Crippen molar-refractivity contribution in [2.24, 2.45) is 0 Å². The van der Waals surface area contributed by atoms with Gasteiger partial charge in [-0.2, -0.15) is 0 Å². The first-order valence-corrected chi connectivity index (χ1v) is 8.45. The summed E-state index contributed by atoms with van der Waals surface area (Å²) in [4.78, 5) is 12.2. The van der Waals surface area contributed by atoms with Crippen molar-refractivity contribution < 1.29 is 14.3 Å². The second kappa shape index (κ2) is 9.58. The Hall–Kier alpha value is -1.86. The van der Waals surface area contributed by atoms with E-state index in [1.807, 2.05) is 0 Å². The first-order valence-electron chi connectivity index (χ1n) is 7.29. The third kappa shape index (κ3) is 6.17. The Labute approximate surface area is 161 Å². The zero-order valence-electron chi connectivity index (χ0n) is 13.3. The van der Waals surface area contributed by atoms with Crippen LogP contribution in [0.5, 0.6) is 5.75 Å². The molecule has 2 aromatic carbocycles. The fourth-order valence-corrected chi connectivity index (χ4v) is 2.52. The normalized spacial score (nSPS) is 10.2. The first kappa shape index (κ1) is 19.5. The lowest BCUT2D eigenvalue weighted by Gasteiger charge is -2.11. The fraction of sp³-hybridized carbons (Fsp3) is 0.176. The van der Waals surface area contributed by atoms with Crippen molar-refractivity contribution in [3.05, 3.63) is 58.1 Å². The maximum absolute atomic E-state index is 12.2. The van der Waals surface area contributed by atoms with Crippen LogP contribution in [0.1, 0.15) is 10.4 Å². The molecule has 0 spiro atoms. The Bertz CT molecular complexity index is 754. The van der Waals surface area contributed by atoms with Crippen molar-refractivity contribution in [1.82, 2.24) is 5.32 Å². The molecule has 0 atom stereocenters. The molecule has 8 heteroatoms. The van der Waals surface area contributed by atoms with Crippen LogP contribution in [-0.2, 0) is 4.74 Å². The largest absolute Gasteiger partial charge is 0.491 e. The molecular formula is C17H16Cl2N2O3S. The van der Waals surface area contributed by atoms with Gasteiger partial charge in [-0.25, -0.2) is 0 Å². The molecule has 0 heterocycles. The van der Waals surface area contributed by atoms with Crippen LogP contribution in [0.3, 0.4) is 0 Å². The number of hydrogen-bond acceptors (Lipinski definition) is 4. The van der Waals surface area contributed by atoms with Gasteiger partial charge in [0.15, 0.2) is 5.11 Å². The van der Waals surface area contributed by atoms with Gasteiger partial charge in [0.2, 0.25) is 0 Å². The number of anilines is 1. The summed E-state index contributed by atoms with van der Waals surface area (Å²) in [5.74, 6) is 0.313. The molecule has 1 amide bonds. The molecule has 2 N–H and O–H groups in total. The summed E-state index contributed by atoms with van der Waals surface area (Å²) < 4.78 is 10.3. The highest BCUT2D eigenvalue weighted by molar-refractivity contribution is 7.80. The van der Waals surface area contributed by atoms with E-state index in [9.17, 15) is 4.79 Å². The topological polar surface area (TPSA) is 59.6 Å². The number of hydrogen-bond donors (Lipinski definition) is 2. The number of carbonyl (C=O) groups excluding carboxylic acids is 1. The Balaban J connectivity index is 1.91. The van der Waals surface area contributed by atoms with E-state index in [0.717, 1.165) is 0 Å². The summed E-state index contributed by atoms with van der Waals surface area (Å²) in [6.07, 6.45) is 0. The maximum atomic E-state index is 12.2. The van der Waals surface area contributed by atoms with E-state index >= 15 is 0 Å². The van der Waals surface area contributed by atoms with E-state index in [1.54, 1.807) is 49.6 Å². The van der Waals surface area contributed by atoms with E-state index in [2.05, 4.69) is 10.6 Å². The average Bonchev–Trinajstić information content (AvgIpc) is 2.58. The molecule has 0 saturated carbocycles. The fourth-order valence-electron chi connectivity index (χ4n) is 1.87. The van der Waals surface area contributed by atoms with Crippen LogP contribution in [-0.4, -0.2) is 31.3 Å². The zero-order valence-corrected chi connectivity index (χ0v) is 15.7. The van der Waals surface area contributed by atoms with Gasteiger partial charge in [0.05, 0.1) is 17.3 Å². The van der Waals surface area contributed by atoms with Crippen LogP contribution < -0.4 is 15.4 Å². The minimum absolute atomic E-state index is 0.134. The first-order chi connectivity index (χ1) is 12.0. The van der Waals surface area contributed by atoms with Crippen LogP contribution in [0.15, 0.2) is 42.5 Å². The smallest absolute Gasteiger partial charge is 0.257 e. The van der Waals surface area contributed by atoms with E-state index in [4.69, 9.17) is 44.9 Å². The van der Waals surface area contributed by atoms with Gasteiger partial charge in [-0.3, -0.25) is 10.1 Å². The lowest BCUT2D eigenvalue weighted by atomic mass is 10.2. The Morgan fingerprint density at radius 3 is 2.48 bits per heavy atom. The van der Waals surface area contributed by atoms with Crippen LogP contribution in [0.25, 0.3) is 0 Å². The second-order valence-corrected chi connectivity index (χ2v) is 6.15. The standard InChI is InChI=1S/C17H16Cl2N2O3S/c1-23-8-9-24-13-5-2-11(3-6-13)16(22)21-17(25)20-15-7-4-12(18)10-14(15)19/h2-7,10H,8-9H2,1H3,(H2,20,21,22,25). The summed E-state index contributed by atoms with van der Waals surface area (Å²) >= 11 is 17.0. The SMILES string of the molecule is COCCOc1ccc(C(=O)NC(=S)Nc2ccc(Cl)cc2Cl)cc1. The number of ether oxygens (including phenoxy) is 2. The van der Waals surface area contributed by atoms with Gasteiger partial charge in [-0.1, -0.05) is 23.2 Å². The summed E-state index contributed by atoms with van der Waals surface area (Å²) in [7, 11) is 1.60. The Kier molecular flexibility index (Phi) is 7.46. The third-order valence-electron chi connectivity index (χ3n) is 3.08. The molecule has 2 aromatic rings. The highest BCUT2D eigenvalue weighted by Crippen LogP contribution is 2.25. The van der Waals surface area contributed by atoms with Crippen molar-refractivity contribution in [3.8, 4) is 5.75 Å². The van der Waals surface area contributed by atoms with Gasteiger partial charge in [0.25, 0.3) is 5.91 Å². The van der Waals surface area contributed by atoms with Gasteiger partial charge in [-0.15, -0.1) is 0 Å². The zero-order chi connectivity index (χ0) is 18.2. The molecule has 132 valence electrons. The summed E-state index contributed by atoms with van der Waals surface area (Å²) in [5, 5.41) is 6.49. The lowest BCUT2D eigenvalue weighted by molar-refractivity contribution is 0.0977. The molecule has 5 nitrogen and oxygen atoms in total. The summed E-state index contributed by atoms with van der Waals surface area (Å²) in [6, 6.07) is 11.6. The molecule has 0 aliphatic carbocycles. The molecule has 0 fully saturated rings. The minimum atomic E-state index is -0.342. The Morgan fingerprint density at radius 1 is 1.12 bits per heavy atom. The number of amides is 1.